The van der Waals surface area contributed by atoms with Crippen LogP contribution in [-0.4, -0.2) is 20.4 Å². The van der Waals surface area contributed by atoms with Gasteiger partial charge in [-0.3, -0.25) is 4.79 Å². The van der Waals surface area contributed by atoms with Crippen LogP contribution in [0.3, 0.4) is 0 Å². The maximum absolute atomic E-state index is 12.9. The number of rotatable bonds is 5. The van der Waals surface area contributed by atoms with Crippen LogP contribution in [0.25, 0.3) is 6.08 Å². The predicted molar refractivity (Wildman–Crippen MR) is 108 cm³/mol. The highest BCUT2D eigenvalue weighted by Crippen LogP contribution is 2.30. The van der Waals surface area contributed by atoms with Gasteiger partial charge in [-0.1, -0.05) is 49.2 Å². The number of benzene rings is 2. The quantitative estimate of drug-likeness (QED) is 0.773. The summed E-state index contributed by atoms with van der Waals surface area (Å²) >= 11 is 0. The largest absolute Gasteiger partial charge is 0.378 e. The summed E-state index contributed by atoms with van der Waals surface area (Å²) in [6.45, 7) is 0. The fourth-order valence-corrected chi connectivity index (χ4v) is 4.95. The Kier molecular flexibility index (Phi) is 5.22. The number of amides is 1. The van der Waals surface area contributed by atoms with Gasteiger partial charge in [-0.25, -0.2) is 0 Å². The van der Waals surface area contributed by atoms with E-state index in [1.165, 1.54) is 6.07 Å². The van der Waals surface area contributed by atoms with Crippen LogP contribution in [0.2, 0.25) is 0 Å². The summed E-state index contributed by atoms with van der Waals surface area (Å²) in [4.78, 5) is 12.9. The predicted octanol–water partition coefficient (Wildman–Crippen LogP) is 4.05. The van der Waals surface area contributed by atoms with Crippen molar-refractivity contribution in [1.82, 2.24) is 5.32 Å². The van der Waals surface area contributed by atoms with Crippen molar-refractivity contribution in [3.05, 3.63) is 70.1 Å². The lowest BCUT2D eigenvalue weighted by Crippen LogP contribution is -2.33. The Bertz CT molecular complexity index is 1020. The first-order valence-electron chi connectivity index (χ1n) is 9.66. The third kappa shape index (κ3) is 3.97. The minimum absolute atomic E-state index is 0.0674. The highest BCUT2D eigenvalue weighted by atomic mass is 32.2. The first-order chi connectivity index (χ1) is 13.5. The number of fused-ring (bicyclic) bond motifs is 1. The SMILES string of the molecule is O=C(NC1CCCC1)c1ccccc1OS(=O)(=O)C1=Cc2ccccc2CC1. The zero-order valence-corrected chi connectivity index (χ0v) is 16.4. The van der Waals surface area contributed by atoms with Gasteiger partial charge in [0, 0.05) is 6.04 Å². The Morgan fingerprint density at radius 1 is 0.964 bits per heavy atom. The molecular formula is C22H23NO4S. The molecule has 1 fully saturated rings. The van der Waals surface area contributed by atoms with E-state index in [9.17, 15) is 13.2 Å². The third-order valence-corrected chi connectivity index (χ3v) is 6.72. The molecule has 1 amide bonds. The van der Waals surface area contributed by atoms with Gasteiger partial charge in [-0.05, 0) is 55.0 Å². The van der Waals surface area contributed by atoms with Crippen LogP contribution in [0.4, 0.5) is 0 Å². The summed E-state index contributed by atoms with van der Waals surface area (Å²) in [6, 6.07) is 14.4. The molecule has 28 heavy (non-hydrogen) atoms. The van der Waals surface area contributed by atoms with Gasteiger partial charge in [0.25, 0.3) is 5.91 Å². The molecule has 1 saturated carbocycles. The Morgan fingerprint density at radius 3 is 2.50 bits per heavy atom. The fourth-order valence-electron chi connectivity index (χ4n) is 3.84. The van der Waals surface area contributed by atoms with E-state index in [1.807, 2.05) is 24.3 Å². The van der Waals surface area contributed by atoms with E-state index in [1.54, 1.807) is 24.3 Å². The van der Waals surface area contributed by atoms with Crippen LogP contribution < -0.4 is 9.50 Å². The first-order valence-corrected chi connectivity index (χ1v) is 11.1. The normalized spacial score (nSPS) is 16.9. The molecule has 0 saturated heterocycles. The van der Waals surface area contributed by atoms with Crippen molar-refractivity contribution < 1.29 is 17.4 Å². The zero-order valence-electron chi connectivity index (χ0n) is 15.6. The summed E-state index contributed by atoms with van der Waals surface area (Å²) < 4.78 is 31.1. The van der Waals surface area contributed by atoms with Crippen LogP contribution in [0, 0.1) is 0 Å². The molecule has 2 aliphatic carbocycles. The van der Waals surface area contributed by atoms with Gasteiger partial charge in [0.05, 0.1) is 10.5 Å². The third-order valence-electron chi connectivity index (χ3n) is 5.36. The number of hydrogen-bond acceptors (Lipinski definition) is 4. The van der Waals surface area contributed by atoms with Crippen LogP contribution in [0.15, 0.2) is 53.4 Å². The monoisotopic (exact) mass is 397 g/mol. The molecule has 0 bridgehead atoms. The highest BCUT2D eigenvalue weighted by Gasteiger charge is 2.26. The fraction of sp³-hybridized carbons (Fsp3) is 0.318. The van der Waals surface area contributed by atoms with Gasteiger partial charge < -0.3 is 9.50 Å². The molecule has 1 N–H and O–H groups in total. The molecule has 2 aromatic carbocycles. The van der Waals surface area contributed by atoms with Gasteiger partial charge in [0.1, 0.15) is 0 Å². The first kappa shape index (κ1) is 18.7. The Hall–Kier alpha value is -2.60. The molecule has 0 atom stereocenters. The molecule has 6 heteroatoms. The average Bonchev–Trinajstić information content (AvgIpc) is 3.20. The topological polar surface area (TPSA) is 72.5 Å². The van der Waals surface area contributed by atoms with E-state index < -0.39 is 10.1 Å². The molecular weight excluding hydrogens is 374 g/mol. The van der Waals surface area contributed by atoms with Crippen LogP contribution >= 0.6 is 0 Å². The number of allylic oxidation sites excluding steroid dienone is 1. The lowest BCUT2D eigenvalue weighted by atomic mass is 9.98. The number of carbonyl (C=O) groups is 1. The van der Waals surface area contributed by atoms with E-state index in [0.717, 1.165) is 36.8 Å². The minimum Gasteiger partial charge on any atom is -0.378 e. The Labute approximate surface area is 165 Å². The number of para-hydroxylation sites is 1. The molecule has 2 aliphatic rings. The summed E-state index contributed by atoms with van der Waals surface area (Å²) in [5.41, 5.74) is 2.26. The van der Waals surface area contributed by atoms with Gasteiger partial charge in [0.15, 0.2) is 5.75 Å². The summed E-state index contributed by atoms with van der Waals surface area (Å²) in [5, 5.41) is 2.99. The molecule has 0 heterocycles. The van der Waals surface area contributed by atoms with Crippen molar-refractivity contribution in [2.24, 2.45) is 0 Å². The van der Waals surface area contributed by atoms with Crippen molar-refractivity contribution in [2.45, 2.75) is 44.6 Å². The second-order valence-corrected chi connectivity index (χ2v) is 8.90. The molecule has 0 unspecified atom stereocenters. The van der Waals surface area contributed by atoms with E-state index in [0.29, 0.717) is 12.8 Å². The van der Waals surface area contributed by atoms with Crippen molar-refractivity contribution in [3.8, 4) is 5.75 Å². The average molecular weight is 397 g/mol. The zero-order chi connectivity index (χ0) is 19.6. The Morgan fingerprint density at radius 2 is 1.68 bits per heavy atom. The number of nitrogens with one attached hydrogen (secondary N) is 1. The molecule has 0 spiro atoms. The molecule has 146 valence electrons. The van der Waals surface area contributed by atoms with E-state index in [4.69, 9.17) is 4.18 Å². The van der Waals surface area contributed by atoms with Gasteiger partial charge in [-0.15, -0.1) is 0 Å². The second-order valence-electron chi connectivity index (χ2n) is 7.30. The smallest absolute Gasteiger partial charge is 0.335 e. The molecule has 0 aliphatic heterocycles. The summed E-state index contributed by atoms with van der Waals surface area (Å²) in [6.07, 6.45) is 6.82. The standard InChI is InChI=1S/C22H23NO4S/c24-22(23-18-9-3-4-10-18)20-11-5-6-12-21(20)27-28(25,26)19-14-13-16-7-1-2-8-17(16)15-19/h1-2,5-8,11-12,15,18H,3-4,9-10,13-14H2,(H,23,24). The van der Waals surface area contributed by atoms with Crippen molar-refractivity contribution in [2.75, 3.05) is 0 Å². The molecule has 0 radical (unpaired) electrons. The lowest BCUT2D eigenvalue weighted by molar-refractivity contribution is 0.0936. The number of aryl methyl sites for hydroxylation is 1. The maximum atomic E-state index is 12.9. The lowest BCUT2D eigenvalue weighted by Gasteiger charge is -2.18. The summed E-state index contributed by atoms with van der Waals surface area (Å²) in [5.74, 6) is -0.224. The molecule has 5 nitrogen and oxygen atoms in total. The van der Waals surface area contributed by atoms with E-state index in [2.05, 4.69) is 5.32 Å². The molecule has 2 aromatic rings. The van der Waals surface area contributed by atoms with Gasteiger partial charge in [0.2, 0.25) is 0 Å². The molecule has 0 aromatic heterocycles. The minimum atomic E-state index is -3.98. The van der Waals surface area contributed by atoms with Gasteiger partial charge >= 0.3 is 10.1 Å². The van der Waals surface area contributed by atoms with Crippen LogP contribution in [0.1, 0.15) is 53.6 Å². The van der Waals surface area contributed by atoms with Crippen molar-refractivity contribution >= 4 is 22.1 Å². The Balaban J connectivity index is 1.57. The van der Waals surface area contributed by atoms with E-state index >= 15 is 0 Å². The highest BCUT2D eigenvalue weighted by molar-refractivity contribution is 7.91. The van der Waals surface area contributed by atoms with E-state index in [-0.39, 0.29) is 28.2 Å². The molecule has 4 rings (SSSR count). The summed E-state index contributed by atoms with van der Waals surface area (Å²) in [7, 11) is -3.98. The number of hydrogen-bond donors (Lipinski definition) is 1. The number of carbonyl (C=O) groups excluding carboxylic acids is 1. The van der Waals surface area contributed by atoms with Crippen LogP contribution in [-0.2, 0) is 16.5 Å². The van der Waals surface area contributed by atoms with Crippen molar-refractivity contribution in [3.63, 3.8) is 0 Å². The maximum Gasteiger partial charge on any atom is 0.335 e. The van der Waals surface area contributed by atoms with Gasteiger partial charge in [-0.2, -0.15) is 8.42 Å². The van der Waals surface area contributed by atoms with Crippen molar-refractivity contribution in [1.29, 1.82) is 0 Å². The van der Waals surface area contributed by atoms with Crippen LogP contribution in [0.5, 0.6) is 5.75 Å². The second kappa shape index (κ2) is 7.80.